The van der Waals surface area contributed by atoms with Crippen LogP contribution in [0.5, 0.6) is 0 Å². The number of halogens is 1. The van der Waals surface area contributed by atoms with Crippen LogP contribution < -0.4 is 4.90 Å². The van der Waals surface area contributed by atoms with Gasteiger partial charge in [0.15, 0.2) is 0 Å². The highest BCUT2D eigenvalue weighted by molar-refractivity contribution is 9.10. The van der Waals surface area contributed by atoms with Crippen molar-refractivity contribution in [1.82, 2.24) is 0 Å². The molecule has 30 heavy (non-hydrogen) atoms. The summed E-state index contributed by atoms with van der Waals surface area (Å²) in [6, 6.07) is 29.4. The first-order valence-corrected chi connectivity index (χ1v) is 11.0. The zero-order valence-electron chi connectivity index (χ0n) is 16.8. The predicted octanol–water partition coefficient (Wildman–Crippen LogP) is 6.98. The Hall–Kier alpha value is -2.91. The molecule has 1 unspecified atom stereocenters. The fraction of sp³-hybridized carbons (Fsp3) is 0.148. The lowest BCUT2D eigenvalue weighted by molar-refractivity contribution is -0.119. The predicted molar refractivity (Wildman–Crippen MR) is 127 cm³/mol. The second kappa shape index (κ2) is 7.73. The van der Waals surface area contributed by atoms with Crippen molar-refractivity contribution in [3.05, 3.63) is 112 Å². The number of amides is 1. The van der Waals surface area contributed by atoms with Crippen LogP contribution in [0.1, 0.15) is 34.6 Å². The lowest BCUT2D eigenvalue weighted by Gasteiger charge is -2.36. The van der Waals surface area contributed by atoms with Crippen LogP contribution >= 0.6 is 15.9 Å². The van der Waals surface area contributed by atoms with Crippen molar-refractivity contribution in [2.45, 2.75) is 25.8 Å². The molecular weight excluding hydrogens is 434 g/mol. The minimum absolute atomic E-state index is 0.0305. The van der Waals surface area contributed by atoms with E-state index in [-0.39, 0.29) is 11.8 Å². The first-order chi connectivity index (χ1) is 14.6. The van der Waals surface area contributed by atoms with Crippen LogP contribution in [0.25, 0.3) is 10.8 Å². The van der Waals surface area contributed by atoms with Crippen molar-refractivity contribution in [2.24, 2.45) is 0 Å². The highest BCUT2D eigenvalue weighted by Crippen LogP contribution is 2.46. The molecule has 1 atom stereocenters. The van der Waals surface area contributed by atoms with Gasteiger partial charge in [0.05, 0.1) is 6.54 Å². The summed E-state index contributed by atoms with van der Waals surface area (Å²) in [5.74, 6) is 0.197. The van der Waals surface area contributed by atoms with E-state index in [1.54, 1.807) is 0 Å². The summed E-state index contributed by atoms with van der Waals surface area (Å²) in [7, 11) is 0. The number of nitrogens with zero attached hydrogens (tertiary/aromatic N) is 1. The Labute approximate surface area is 185 Å². The molecule has 1 heterocycles. The SMILES string of the molecule is Cc1cccc(CN2C(=O)CC(c3ccccc3Br)c3c2ccc2ccccc32)c1. The molecule has 0 bridgehead atoms. The topological polar surface area (TPSA) is 20.3 Å². The average molecular weight is 456 g/mol. The second-order valence-corrected chi connectivity index (χ2v) is 8.82. The van der Waals surface area contributed by atoms with E-state index in [4.69, 9.17) is 0 Å². The van der Waals surface area contributed by atoms with Crippen molar-refractivity contribution in [3.63, 3.8) is 0 Å². The van der Waals surface area contributed by atoms with Crippen LogP contribution in [0.15, 0.2) is 89.4 Å². The third-order valence-electron chi connectivity index (χ3n) is 5.97. The lowest BCUT2D eigenvalue weighted by atomic mass is 9.81. The third-order valence-corrected chi connectivity index (χ3v) is 6.69. The number of carbonyl (C=O) groups is 1. The molecule has 4 aromatic carbocycles. The maximum absolute atomic E-state index is 13.4. The van der Waals surface area contributed by atoms with E-state index in [1.807, 2.05) is 11.0 Å². The smallest absolute Gasteiger partial charge is 0.228 e. The van der Waals surface area contributed by atoms with Gasteiger partial charge in [-0.25, -0.2) is 0 Å². The van der Waals surface area contributed by atoms with Crippen LogP contribution in [0.2, 0.25) is 0 Å². The Bertz CT molecular complexity index is 1260. The molecule has 0 aromatic heterocycles. The van der Waals surface area contributed by atoms with Crippen LogP contribution in [0.3, 0.4) is 0 Å². The lowest BCUT2D eigenvalue weighted by Crippen LogP contribution is -2.36. The summed E-state index contributed by atoms with van der Waals surface area (Å²) in [5, 5.41) is 2.43. The van der Waals surface area contributed by atoms with Crippen molar-refractivity contribution < 1.29 is 4.79 Å². The van der Waals surface area contributed by atoms with Gasteiger partial charge in [0.25, 0.3) is 0 Å². The van der Waals surface area contributed by atoms with Crippen molar-refractivity contribution >= 4 is 38.3 Å². The van der Waals surface area contributed by atoms with Crippen molar-refractivity contribution in [2.75, 3.05) is 4.90 Å². The molecule has 5 rings (SSSR count). The molecule has 2 nitrogen and oxygen atoms in total. The van der Waals surface area contributed by atoms with Gasteiger partial charge in [-0.1, -0.05) is 94.3 Å². The summed E-state index contributed by atoms with van der Waals surface area (Å²) in [5.41, 5.74) is 5.79. The number of aryl methyl sites for hydroxylation is 1. The quantitative estimate of drug-likeness (QED) is 0.326. The number of anilines is 1. The van der Waals surface area contributed by atoms with Crippen molar-refractivity contribution in [3.8, 4) is 0 Å². The monoisotopic (exact) mass is 455 g/mol. The minimum atomic E-state index is 0.0305. The molecule has 0 saturated carbocycles. The molecule has 3 heteroatoms. The van der Waals surface area contributed by atoms with E-state index >= 15 is 0 Å². The highest BCUT2D eigenvalue weighted by Gasteiger charge is 2.34. The standard InChI is InChI=1S/C27H22BrNO/c1-18-7-6-8-19(15-18)17-29-25-14-13-20-9-2-3-10-21(20)27(25)23(16-26(29)30)22-11-4-5-12-24(22)28/h2-15,23H,16-17H2,1H3. The van der Waals surface area contributed by atoms with Gasteiger partial charge in [-0.15, -0.1) is 0 Å². The largest absolute Gasteiger partial charge is 0.308 e. The van der Waals surface area contributed by atoms with E-state index in [9.17, 15) is 4.79 Å². The van der Waals surface area contributed by atoms with E-state index in [0.29, 0.717) is 13.0 Å². The normalized spacial score (nSPS) is 16.0. The number of carbonyl (C=O) groups excluding carboxylic acids is 1. The van der Waals surface area contributed by atoms with Gasteiger partial charge in [-0.2, -0.15) is 0 Å². The van der Waals surface area contributed by atoms with Crippen LogP contribution in [-0.4, -0.2) is 5.91 Å². The molecule has 148 valence electrons. The number of hydrogen-bond donors (Lipinski definition) is 0. The van der Waals surface area contributed by atoms with Gasteiger partial charge in [0.1, 0.15) is 0 Å². The van der Waals surface area contributed by atoms with Crippen LogP contribution in [0.4, 0.5) is 5.69 Å². The molecule has 0 spiro atoms. The average Bonchev–Trinajstić information content (AvgIpc) is 2.75. The molecule has 0 radical (unpaired) electrons. The molecule has 1 aliphatic heterocycles. The molecule has 1 aliphatic rings. The van der Waals surface area contributed by atoms with Gasteiger partial charge >= 0.3 is 0 Å². The molecule has 0 fully saturated rings. The van der Waals surface area contributed by atoms with E-state index in [2.05, 4.69) is 102 Å². The van der Waals surface area contributed by atoms with E-state index in [0.717, 1.165) is 15.7 Å². The second-order valence-electron chi connectivity index (χ2n) is 7.97. The van der Waals surface area contributed by atoms with Gasteiger partial charge < -0.3 is 4.90 Å². The summed E-state index contributed by atoms with van der Waals surface area (Å²) < 4.78 is 1.05. The van der Waals surface area contributed by atoms with Gasteiger partial charge in [-0.3, -0.25) is 4.79 Å². The summed E-state index contributed by atoms with van der Waals surface area (Å²) in [4.78, 5) is 15.4. The Morgan fingerprint density at radius 1 is 0.933 bits per heavy atom. The zero-order chi connectivity index (χ0) is 20.7. The molecule has 0 saturated heterocycles. The first kappa shape index (κ1) is 19.1. The molecule has 0 N–H and O–H groups in total. The Kier molecular flexibility index (Phi) is 4.92. The molecule has 0 aliphatic carbocycles. The number of hydrogen-bond acceptors (Lipinski definition) is 1. The summed E-state index contributed by atoms with van der Waals surface area (Å²) >= 11 is 3.72. The van der Waals surface area contributed by atoms with Gasteiger partial charge in [0, 0.05) is 22.5 Å². The minimum Gasteiger partial charge on any atom is -0.308 e. The highest BCUT2D eigenvalue weighted by atomic mass is 79.9. The van der Waals surface area contributed by atoms with Gasteiger partial charge in [0.2, 0.25) is 5.91 Å². The number of benzene rings is 4. The van der Waals surface area contributed by atoms with Crippen molar-refractivity contribution in [1.29, 1.82) is 0 Å². The fourth-order valence-corrected chi connectivity index (χ4v) is 5.16. The van der Waals surface area contributed by atoms with Crippen LogP contribution in [-0.2, 0) is 11.3 Å². The molecule has 4 aromatic rings. The van der Waals surface area contributed by atoms with Crippen LogP contribution in [0, 0.1) is 6.92 Å². The maximum atomic E-state index is 13.4. The zero-order valence-corrected chi connectivity index (χ0v) is 18.4. The van der Waals surface area contributed by atoms with Gasteiger partial charge in [-0.05, 0) is 46.5 Å². The number of fused-ring (bicyclic) bond motifs is 3. The Morgan fingerprint density at radius 2 is 1.73 bits per heavy atom. The fourth-order valence-electron chi connectivity index (χ4n) is 4.60. The van der Waals surface area contributed by atoms with E-state index < -0.39 is 0 Å². The Morgan fingerprint density at radius 3 is 2.57 bits per heavy atom. The number of rotatable bonds is 3. The Balaban J connectivity index is 1.70. The summed E-state index contributed by atoms with van der Waals surface area (Å²) in [6.07, 6.45) is 0.468. The molecular formula is C27H22BrNO. The maximum Gasteiger partial charge on any atom is 0.228 e. The van der Waals surface area contributed by atoms with E-state index in [1.165, 1.54) is 27.5 Å². The summed E-state index contributed by atoms with van der Waals surface area (Å²) in [6.45, 7) is 2.68. The first-order valence-electron chi connectivity index (χ1n) is 10.2. The third kappa shape index (κ3) is 3.33. The molecule has 1 amide bonds.